The third kappa shape index (κ3) is 4.67. The van der Waals surface area contributed by atoms with Crippen LogP contribution < -0.4 is 10.6 Å². The number of rotatable bonds is 8. The van der Waals surface area contributed by atoms with E-state index in [1.807, 2.05) is 35.7 Å². The number of anilines is 2. The molecule has 7 nitrogen and oxygen atoms in total. The van der Waals surface area contributed by atoms with Crippen LogP contribution in [0.3, 0.4) is 0 Å². The maximum atomic E-state index is 12.1. The lowest BCUT2D eigenvalue weighted by molar-refractivity contribution is -0.115. The summed E-state index contributed by atoms with van der Waals surface area (Å²) in [6.07, 6.45) is 1.94. The van der Waals surface area contributed by atoms with E-state index in [0.29, 0.717) is 22.6 Å². The van der Waals surface area contributed by atoms with Crippen LogP contribution in [0.2, 0.25) is 0 Å². The van der Waals surface area contributed by atoms with Crippen molar-refractivity contribution in [3.05, 3.63) is 51.9 Å². The van der Waals surface area contributed by atoms with E-state index in [2.05, 4.69) is 22.1 Å². The van der Waals surface area contributed by atoms with Crippen LogP contribution >= 0.6 is 23.1 Å². The Morgan fingerprint density at radius 1 is 1.33 bits per heavy atom. The zero-order chi connectivity index (χ0) is 19.2. The minimum atomic E-state index is -0.184. The van der Waals surface area contributed by atoms with Crippen LogP contribution in [0.15, 0.2) is 45.7 Å². The Balaban J connectivity index is 1.73. The van der Waals surface area contributed by atoms with E-state index >= 15 is 0 Å². The lowest BCUT2D eigenvalue weighted by Crippen LogP contribution is -2.22. The first-order valence-electron chi connectivity index (χ1n) is 8.68. The van der Waals surface area contributed by atoms with E-state index in [1.165, 1.54) is 30.0 Å². The number of nitrogens with one attached hydrogen (secondary N) is 1. The molecule has 0 aliphatic heterocycles. The van der Waals surface area contributed by atoms with Gasteiger partial charge in [-0.25, -0.2) is 14.9 Å². The summed E-state index contributed by atoms with van der Waals surface area (Å²) in [4.78, 5) is 30.2. The predicted molar refractivity (Wildman–Crippen MR) is 109 cm³/mol. The molecule has 3 rings (SSSR count). The summed E-state index contributed by atoms with van der Waals surface area (Å²) in [5.41, 5.74) is 1.45. The van der Waals surface area contributed by atoms with Crippen molar-refractivity contribution in [3.8, 4) is 0 Å². The van der Waals surface area contributed by atoms with Gasteiger partial charge in [0.15, 0.2) is 10.3 Å². The monoisotopic (exact) mass is 403 g/mol. The number of nitrogens with zero attached hydrogens (tertiary/aromatic N) is 4. The molecule has 27 heavy (non-hydrogen) atoms. The zero-order valence-corrected chi connectivity index (χ0v) is 16.8. The van der Waals surface area contributed by atoms with Crippen LogP contribution in [-0.2, 0) is 17.1 Å². The summed E-state index contributed by atoms with van der Waals surface area (Å²) in [5.74, 6) is 0.489. The van der Waals surface area contributed by atoms with Crippen molar-refractivity contribution >= 4 is 39.8 Å². The molecule has 0 radical (unpaired) electrons. The predicted octanol–water partition coefficient (Wildman–Crippen LogP) is 3.80. The molecule has 0 aliphatic rings. The molecule has 1 N–H and O–H groups in total. The van der Waals surface area contributed by atoms with Crippen LogP contribution in [0.1, 0.15) is 32.4 Å². The van der Waals surface area contributed by atoms with E-state index in [4.69, 9.17) is 0 Å². The third-order valence-electron chi connectivity index (χ3n) is 3.87. The molecule has 0 spiro atoms. The van der Waals surface area contributed by atoms with Gasteiger partial charge in [-0.15, -0.1) is 16.4 Å². The lowest BCUT2D eigenvalue weighted by Gasteiger charge is -2.17. The number of hydrogen-bond donors (Lipinski definition) is 1. The number of para-hydroxylation sites is 1. The van der Waals surface area contributed by atoms with Gasteiger partial charge >= 0.3 is 5.69 Å². The van der Waals surface area contributed by atoms with Gasteiger partial charge in [-0.2, -0.15) is 0 Å². The summed E-state index contributed by atoms with van der Waals surface area (Å²) >= 11 is 2.89. The van der Waals surface area contributed by atoms with Crippen LogP contribution in [0.25, 0.3) is 0 Å². The number of unbranched alkanes of at least 4 members (excludes halogenated alkanes) is 1. The van der Waals surface area contributed by atoms with E-state index < -0.39 is 0 Å². The highest BCUT2D eigenvalue weighted by Crippen LogP contribution is 2.30. The number of thioether (sulfide) groups is 1. The van der Waals surface area contributed by atoms with Gasteiger partial charge in [0.05, 0.1) is 11.4 Å². The second kappa shape index (κ2) is 9.01. The Morgan fingerprint density at radius 3 is 2.81 bits per heavy atom. The molecule has 1 aromatic carbocycles. The molecule has 3 aromatic rings. The normalized spacial score (nSPS) is 10.9. The number of aromatic amines is 1. The summed E-state index contributed by atoms with van der Waals surface area (Å²) in [5, 5.41) is 9.84. The van der Waals surface area contributed by atoms with E-state index in [9.17, 15) is 9.59 Å². The molecule has 0 unspecified atom stereocenters. The Hall–Kier alpha value is -2.39. The summed E-state index contributed by atoms with van der Waals surface area (Å²) in [6, 6.07) is 9.46. The van der Waals surface area contributed by atoms with Crippen LogP contribution in [0.4, 0.5) is 10.8 Å². The smallest absolute Gasteiger partial charge is 0.274 e. The molecule has 142 valence electrons. The van der Waals surface area contributed by atoms with E-state index in [-0.39, 0.29) is 11.6 Å². The highest BCUT2D eigenvalue weighted by molar-refractivity contribution is 7.98. The SMILES string of the molecule is CCCCn1c(SCc2csc(N(C(C)=O)c3ccccc3)n2)n[nH]c1=O. The van der Waals surface area contributed by atoms with Crippen LogP contribution in [-0.4, -0.2) is 25.7 Å². The minimum absolute atomic E-state index is 0.0875. The van der Waals surface area contributed by atoms with Gasteiger partial charge in [0.1, 0.15) is 0 Å². The molecule has 0 bridgehead atoms. The molecule has 0 atom stereocenters. The number of carbonyl (C=O) groups is 1. The first-order chi connectivity index (χ1) is 13.1. The van der Waals surface area contributed by atoms with Gasteiger partial charge in [-0.05, 0) is 18.6 Å². The summed E-state index contributed by atoms with van der Waals surface area (Å²) < 4.78 is 1.66. The van der Waals surface area contributed by atoms with Gasteiger partial charge in [0.2, 0.25) is 5.91 Å². The molecule has 1 amide bonds. The first kappa shape index (κ1) is 19.4. The fraction of sp³-hybridized carbons (Fsp3) is 0.333. The van der Waals surface area contributed by atoms with Crippen molar-refractivity contribution in [2.45, 2.75) is 44.1 Å². The van der Waals surface area contributed by atoms with Gasteiger partial charge in [-0.3, -0.25) is 14.3 Å². The molecule has 9 heteroatoms. The molecule has 2 aromatic heterocycles. The number of thiazole rings is 1. The van der Waals surface area contributed by atoms with Gasteiger partial charge in [0, 0.05) is 24.6 Å². The zero-order valence-electron chi connectivity index (χ0n) is 15.2. The summed E-state index contributed by atoms with van der Waals surface area (Å²) in [7, 11) is 0. The average Bonchev–Trinajstić information content (AvgIpc) is 3.26. The van der Waals surface area contributed by atoms with Crippen LogP contribution in [0, 0.1) is 0 Å². The second-order valence-electron chi connectivity index (χ2n) is 5.92. The fourth-order valence-electron chi connectivity index (χ4n) is 2.53. The molecule has 0 fully saturated rings. The topological polar surface area (TPSA) is 83.9 Å². The Bertz CT molecular complexity index is 948. The summed E-state index contributed by atoms with van der Waals surface area (Å²) in [6.45, 7) is 4.27. The van der Waals surface area contributed by atoms with Gasteiger partial charge in [0.25, 0.3) is 0 Å². The maximum Gasteiger partial charge on any atom is 0.343 e. The van der Waals surface area contributed by atoms with Crippen molar-refractivity contribution in [2.24, 2.45) is 0 Å². The largest absolute Gasteiger partial charge is 0.343 e. The highest BCUT2D eigenvalue weighted by atomic mass is 32.2. The molecular weight excluding hydrogens is 382 g/mol. The number of H-pyrrole nitrogens is 1. The van der Waals surface area contributed by atoms with Gasteiger partial charge < -0.3 is 0 Å². The molecule has 2 heterocycles. The lowest BCUT2D eigenvalue weighted by atomic mass is 10.3. The highest BCUT2D eigenvalue weighted by Gasteiger charge is 2.18. The first-order valence-corrected chi connectivity index (χ1v) is 10.5. The Labute approximate surface area is 165 Å². The molecule has 0 saturated heterocycles. The van der Waals surface area contributed by atoms with Crippen molar-refractivity contribution in [1.82, 2.24) is 19.7 Å². The molecule has 0 saturated carbocycles. The fourth-order valence-corrected chi connectivity index (χ4v) is 4.39. The van der Waals surface area contributed by atoms with E-state index in [1.54, 1.807) is 9.47 Å². The number of amides is 1. The Kier molecular flexibility index (Phi) is 6.46. The van der Waals surface area contributed by atoms with Crippen LogP contribution in [0.5, 0.6) is 0 Å². The second-order valence-corrected chi connectivity index (χ2v) is 7.70. The molecule has 0 aliphatic carbocycles. The number of hydrogen-bond acceptors (Lipinski definition) is 6. The Morgan fingerprint density at radius 2 is 2.11 bits per heavy atom. The maximum absolute atomic E-state index is 12.1. The number of benzene rings is 1. The van der Waals surface area contributed by atoms with Crippen molar-refractivity contribution in [2.75, 3.05) is 4.90 Å². The van der Waals surface area contributed by atoms with Crippen molar-refractivity contribution < 1.29 is 4.79 Å². The minimum Gasteiger partial charge on any atom is -0.274 e. The number of aromatic nitrogens is 4. The van der Waals surface area contributed by atoms with Crippen molar-refractivity contribution in [1.29, 1.82) is 0 Å². The van der Waals surface area contributed by atoms with Gasteiger partial charge in [-0.1, -0.05) is 43.3 Å². The molecular formula is C18H21N5O2S2. The van der Waals surface area contributed by atoms with Crippen molar-refractivity contribution in [3.63, 3.8) is 0 Å². The third-order valence-corrected chi connectivity index (χ3v) is 5.75. The number of carbonyl (C=O) groups excluding carboxylic acids is 1. The van der Waals surface area contributed by atoms with E-state index in [0.717, 1.165) is 24.2 Å². The standard InChI is InChI=1S/C18H21N5O2S2/c1-3-4-10-22-16(25)20-21-18(22)27-12-14-11-26-17(19-14)23(13(2)24)15-8-6-5-7-9-15/h5-9,11H,3-4,10,12H2,1-2H3,(H,20,25). The quantitative estimate of drug-likeness (QED) is 0.578. The average molecular weight is 404 g/mol.